The molecule has 7 heteroatoms. The zero-order valence-corrected chi connectivity index (χ0v) is 16.9. The van der Waals surface area contributed by atoms with E-state index in [-0.39, 0.29) is 23.7 Å². The minimum Gasteiger partial charge on any atom is -0.494 e. The van der Waals surface area contributed by atoms with Crippen LogP contribution in [-0.4, -0.2) is 35.8 Å². The van der Waals surface area contributed by atoms with Gasteiger partial charge in [-0.15, -0.1) is 6.58 Å². The van der Waals surface area contributed by atoms with Crippen molar-refractivity contribution in [3.63, 3.8) is 0 Å². The summed E-state index contributed by atoms with van der Waals surface area (Å²) in [6, 6.07) is 13.9. The van der Waals surface area contributed by atoms with E-state index in [1.165, 1.54) is 13.0 Å². The van der Waals surface area contributed by atoms with Gasteiger partial charge in [-0.1, -0.05) is 24.3 Å². The Balaban J connectivity index is 2.01. The van der Waals surface area contributed by atoms with Crippen molar-refractivity contribution in [1.29, 1.82) is 0 Å². The lowest BCUT2D eigenvalue weighted by Gasteiger charge is -2.13. The maximum atomic E-state index is 13.0. The van der Waals surface area contributed by atoms with Crippen LogP contribution in [0, 0.1) is 0 Å². The molecule has 2 aromatic rings. The van der Waals surface area contributed by atoms with Crippen molar-refractivity contribution in [3.05, 3.63) is 72.4 Å². The molecule has 0 atom stereocenters. The van der Waals surface area contributed by atoms with E-state index in [1.807, 2.05) is 13.0 Å². The topological polar surface area (TPSA) is 87.7 Å². The van der Waals surface area contributed by atoms with Gasteiger partial charge in [-0.2, -0.15) is 0 Å². The summed E-state index contributed by atoms with van der Waals surface area (Å²) >= 11 is 0. The Morgan fingerprint density at radius 2 is 1.83 bits per heavy atom. The van der Waals surface area contributed by atoms with Crippen LogP contribution in [0.25, 0.3) is 5.57 Å². The first kappa shape index (κ1) is 20.9. The van der Waals surface area contributed by atoms with Crippen LogP contribution in [0.4, 0.5) is 11.4 Å². The molecular weight excluding hydrogens is 382 g/mol. The Kier molecular flexibility index (Phi) is 6.32. The van der Waals surface area contributed by atoms with Crippen LogP contribution in [0.15, 0.2) is 66.9 Å². The predicted octanol–water partition coefficient (Wildman–Crippen LogP) is 3.42. The molecule has 7 nitrogen and oxygen atoms in total. The zero-order chi connectivity index (χ0) is 21.7. The van der Waals surface area contributed by atoms with Crippen LogP contribution in [0.1, 0.15) is 19.4 Å². The third kappa shape index (κ3) is 4.41. The van der Waals surface area contributed by atoms with Gasteiger partial charge in [0.15, 0.2) is 0 Å². The van der Waals surface area contributed by atoms with Crippen LogP contribution in [-0.2, 0) is 14.4 Å². The van der Waals surface area contributed by atoms with Gasteiger partial charge < -0.3 is 15.4 Å². The SMILES string of the molecule is C=CCN1C(=O)C(Nc2cccc(OCC)c2)=C(c2ccc(NC(C)=O)cc2)C1=O. The van der Waals surface area contributed by atoms with Crippen LogP contribution < -0.4 is 15.4 Å². The van der Waals surface area contributed by atoms with Crippen LogP contribution >= 0.6 is 0 Å². The lowest BCUT2D eigenvalue weighted by atomic mass is 10.0. The number of anilines is 2. The van der Waals surface area contributed by atoms with Gasteiger partial charge in [0.05, 0.1) is 12.2 Å². The van der Waals surface area contributed by atoms with E-state index in [0.29, 0.717) is 29.3 Å². The van der Waals surface area contributed by atoms with Crippen LogP contribution in [0.5, 0.6) is 5.75 Å². The van der Waals surface area contributed by atoms with Gasteiger partial charge in [0.1, 0.15) is 11.4 Å². The van der Waals surface area contributed by atoms with Crippen LogP contribution in [0.3, 0.4) is 0 Å². The number of amides is 3. The van der Waals surface area contributed by atoms with Crippen molar-refractivity contribution in [2.45, 2.75) is 13.8 Å². The molecule has 30 heavy (non-hydrogen) atoms. The van der Waals surface area contributed by atoms with E-state index in [9.17, 15) is 14.4 Å². The van der Waals surface area contributed by atoms with Crippen molar-refractivity contribution >= 4 is 34.7 Å². The van der Waals surface area contributed by atoms with E-state index >= 15 is 0 Å². The van der Waals surface area contributed by atoms with Gasteiger partial charge in [-0.05, 0) is 36.8 Å². The summed E-state index contributed by atoms with van der Waals surface area (Å²) in [5.41, 5.74) is 2.24. The number of imide groups is 1. The van der Waals surface area contributed by atoms with E-state index < -0.39 is 11.8 Å². The Morgan fingerprint density at radius 1 is 1.10 bits per heavy atom. The second-order valence-electron chi connectivity index (χ2n) is 6.60. The lowest BCUT2D eigenvalue weighted by Crippen LogP contribution is -2.32. The zero-order valence-electron chi connectivity index (χ0n) is 16.9. The molecule has 0 saturated carbocycles. The molecule has 1 aliphatic rings. The Labute approximate surface area is 175 Å². The molecule has 0 radical (unpaired) electrons. The third-order valence-electron chi connectivity index (χ3n) is 4.39. The molecule has 3 rings (SSSR count). The van der Waals surface area contributed by atoms with E-state index in [1.54, 1.807) is 42.5 Å². The van der Waals surface area contributed by atoms with Gasteiger partial charge in [0.25, 0.3) is 11.8 Å². The molecule has 0 spiro atoms. The van der Waals surface area contributed by atoms with E-state index in [2.05, 4.69) is 17.2 Å². The summed E-state index contributed by atoms with van der Waals surface area (Å²) in [6.45, 7) is 7.56. The molecule has 154 valence electrons. The van der Waals surface area contributed by atoms with E-state index in [0.717, 1.165) is 4.90 Å². The monoisotopic (exact) mass is 405 g/mol. The maximum absolute atomic E-state index is 13.0. The van der Waals surface area contributed by atoms with Crippen molar-refractivity contribution in [1.82, 2.24) is 4.90 Å². The number of nitrogens with zero attached hydrogens (tertiary/aromatic N) is 1. The number of ether oxygens (including phenoxy) is 1. The second-order valence-corrected chi connectivity index (χ2v) is 6.60. The standard InChI is InChI=1S/C23H23N3O4/c1-4-13-26-22(28)20(16-9-11-17(12-10-16)24-15(3)27)21(23(26)29)25-18-7-6-8-19(14-18)30-5-2/h4,6-12,14,25H,1,5,13H2,2-3H3,(H,24,27). The molecule has 0 fully saturated rings. The highest BCUT2D eigenvalue weighted by Crippen LogP contribution is 2.31. The quantitative estimate of drug-likeness (QED) is 0.519. The second kappa shape index (κ2) is 9.09. The van der Waals surface area contributed by atoms with Crippen molar-refractivity contribution in [2.24, 2.45) is 0 Å². The molecule has 1 heterocycles. The molecule has 2 N–H and O–H groups in total. The number of carbonyl (C=O) groups excluding carboxylic acids is 3. The van der Waals surface area contributed by atoms with Crippen molar-refractivity contribution in [2.75, 3.05) is 23.8 Å². The molecule has 0 unspecified atom stereocenters. The smallest absolute Gasteiger partial charge is 0.278 e. The number of benzene rings is 2. The maximum Gasteiger partial charge on any atom is 0.278 e. The first-order chi connectivity index (χ1) is 14.4. The number of nitrogens with one attached hydrogen (secondary N) is 2. The molecule has 1 aliphatic heterocycles. The van der Waals surface area contributed by atoms with Gasteiger partial charge in [-0.3, -0.25) is 19.3 Å². The first-order valence-corrected chi connectivity index (χ1v) is 9.53. The van der Waals surface area contributed by atoms with Crippen molar-refractivity contribution < 1.29 is 19.1 Å². The average Bonchev–Trinajstić information content (AvgIpc) is 2.93. The Morgan fingerprint density at radius 3 is 2.47 bits per heavy atom. The summed E-state index contributed by atoms with van der Waals surface area (Å²) in [6.07, 6.45) is 1.51. The van der Waals surface area contributed by atoms with Crippen LogP contribution in [0.2, 0.25) is 0 Å². The lowest BCUT2D eigenvalue weighted by molar-refractivity contribution is -0.136. The number of rotatable bonds is 8. The average molecular weight is 405 g/mol. The summed E-state index contributed by atoms with van der Waals surface area (Å²) in [4.78, 5) is 38.3. The third-order valence-corrected chi connectivity index (χ3v) is 4.39. The fraction of sp³-hybridized carbons (Fsp3) is 0.174. The molecule has 0 aromatic heterocycles. The first-order valence-electron chi connectivity index (χ1n) is 9.53. The number of hydrogen-bond acceptors (Lipinski definition) is 5. The molecule has 3 amide bonds. The van der Waals surface area contributed by atoms with Gasteiger partial charge in [-0.25, -0.2) is 0 Å². The highest BCUT2D eigenvalue weighted by molar-refractivity contribution is 6.36. The number of hydrogen-bond donors (Lipinski definition) is 2. The molecule has 2 aromatic carbocycles. The fourth-order valence-corrected chi connectivity index (χ4v) is 3.15. The van der Waals surface area contributed by atoms with Gasteiger partial charge in [0, 0.05) is 30.9 Å². The van der Waals surface area contributed by atoms with Gasteiger partial charge >= 0.3 is 0 Å². The molecule has 0 saturated heterocycles. The number of carbonyl (C=O) groups is 3. The normalized spacial score (nSPS) is 13.5. The summed E-state index contributed by atoms with van der Waals surface area (Å²) < 4.78 is 5.51. The largest absolute Gasteiger partial charge is 0.494 e. The molecule has 0 aliphatic carbocycles. The summed E-state index contributed by atoms with van der Waals surface area (Å²) in [5, 5.41) is 5.77. The minimum atomic E-state index is -0.428. The Hall–Kier alpha value is -3.87. The summed E-state index contributed by atoms with van der Waals surface area (Å²) in [5.74, 6) is -0.370. The highest BCUT2D eigenvalue weighted by Gasteiger charge is 2.38. The minimum absolute atomic E-state index is 0.106. The summed E-state index contributed by atoms with van der Waals surface area (Å²) in [7, 11) is 0. The Bertz CT molecular complexity index is 1020. The molecular formula is C23H23N3O4. The highest BCUT2D eigenvalue weighted by atomic mass is 16.5. The fourth-order valence-electron chi connectivity index (χ4n) is 3.15. The predicted molar refractivity (Wildman–Crippen MR) is 116 cm³/mol. The molecule has 0 bridgehead atoms. The van der Waals surface area contributed by atoms with Gasteiger partial charge in [0.2, 0.25) is 5.91 Å². The van der Waals surface area contributed by atoms with E-state index in [4.69, 9.17) is 4.74 Å². The van der Waals surface area contributed by atoms with Crippen molar-refractivity contribution in [3.8, 4) is 5.75 Å².